The van der Waals surface area contributed by atoms with Crippen LogP contribution in [-0.4, -0.2) is 17.8 Å². The minimum atomic E-state index is -0.246. The van der Waals surface area contributed by atoms with E-state index in [0.717, 1.165) is 34.8 Å². The van der Waals surface area contributed by atoms with E-state index in [4.69, 9.17) is 14.6 Å². The SMILES string of the molecule is COc1cccc2c1O[C@@H](c1ccsc1)N1N=C(c3ccc(C)c(C)c3)C[C@H]21. The maximum atomic E-state index is 6.44. The molecule has 0 spiro atoms. The summed E-state index contributed by atoms with van der Waals surface area (Å²) in [6, 6.07) is 14.9. The number of thiophene rings is 1. The van der Waals surface area contributed by atoms with E-state index < -0.39 is 0 Å². The number of nitrogens with zero attached hydrogens (tertiary/aromatic N) is 2. The summed E-state index contributed by atoms with van der Waals surface area (Å²) in [5, 5.41) is 11.4. The number of hydrogen-bond donors (Lipinski definition) is 0. The molecular formula is C23H22N2O2S. The fourth-order valence-electron chi connectivity index (χ4n) is 3.98. The van der Waals surface area contributed by atoms with Crippen molar-refractivity contribution in [2.24, 2.45) is 5.10 Å². The number of ether oxygens (including phenoxy) is 2. The number of hydrazone groups is 1. The number of hydrogen-bond acceptors (Lipinski definition) is 5. The van der Waals surface area contributed by atoms with Gasteiger partial charge in [0, 0.05) is 17.5 Å². The predicted octanol–water partition coefficient (Wildman–Crippen LogP) is 5.62. The fraction of sp³-hybridized carbons (Fsp3) is 0.261. The van der Waals surface area contributed by atoms with E-state index in [-0.39, 0.29) is 12.3 Å². The van der Waals surface area contributed by atoms with Crippen LogP contribution < -0.4 is 9.47 Å². The maximum Gasteiger partial charge on any atom is 0.214 e. The number of para-hydroxylation sites is 1. The van der Waals surface area contributed by atoms with E-state index in [1.165, 1.54) is 16.7 Å². The minimum Gasteiger partial charge on any atom is -0.493 e. The third-order valence-electron chi connectivity index (χ3n) is 5.67. The highest BCUT2D eigenvalue weighted by Crippen LogP contribution is 2.50. The first kappa shape index (κ1) is 17.3. The van der Waals surface area contributed by atoms with Gasteiger partial charge in [-0.3, -0.25) is 0 Å². The Morgan fingerprint density at radius 2 is 2.04 bits per heavy atom. The fourth-order valence-corrected chi connectivity index (χ4v) is 4.64. The van der Waals surface area contributed by atoms with E-state index in [2.05, 4.69) is 59.9 Å². The Labute approximate surface area is 169 Å². The Morgan fingerprint density at radius 1 is 1.14 bits per heavy atom. The normalized spacial score (nSPS) is 20.2. The molecule has 28 heavy (non-hydrogen) atoms. The summed E-state index contributed by atoms with van der Waals surface area (Å²) >= 11 is 1.67. The summed E-state index contributed by atoms with van der Waals surface area (Å²) in [5.41, 5.74) is 7.14. The van der Waals surface area contributed by atoms with E-state index >= 15 is 0 Å². The maximum absolute atomic E-state index is 6.44. The Bertz CT molecular complexity index is 1060. The van der Waals surface area contributed by atoms with E-state index in [1.807, 2.05) is 12.1 Å². The van der Waals surface area contributed by atoms with Crippen molar-refractivity contribution in [1.29, 1.82) is 0 Å². The molecule has 4 nitrogen and oxygen atoms in total. The van der Waals surface area contributed by atoms with Gasteiger partial charge in [-0.25, -0.2) is 5.01 Å². The molecule has 5 rings (SSSR count). The first-order valence-corrected chi connectivity index (χ1v) is 10.4. The zero-order valence-corrected chi connectivity index (χ0v) is 17.0. The summed E-state index contributed by atoms with van der Waals surface area (Å²) < 4.78 is 12.0. The molecule has 142 valence electrons. The smallest absolute Gasteiger partial charge is 0.214 e. The van der Waals surface area contributed by atoms with Crippen LogP contribution in [0.5, 0.6) is 11.5 Å². The summed E-state index contributed by atoms with van der Waals surface area (Å²) in [5.74, 6) is 1.61. The van der Waals surface area contributed by atoms with Gasteiger partial charge in [0.05, 0.1) is 18.9 Å². The summed E-state index contributed by atoms with van der Waals surface area (Å²) in [7, 11) is 1.69. The van der Waals surface area contributed by atoms with Crippen LogP contribution in [0.4, 0.5) is 0 Å². The lowest BCUT2D eigenvalue weighted by Crippen LogP contribution is -2.33. The molecule has 5 heteroatoms. The molecule has 0 radical (unpaired) electrons. The summed E-state index contributed by atoms with van der Waals surface area (Å²) in [6.07, 6.45) is 0.608. The lowest BCUT2D eigenvalue weighted by Gasteiger charge is -2.38. The topological polar surface area (TPSA) is 34.1 Å². The van der Waals surface area contributed by atoms with Crippen molar-refractivity contribution in [3.8, 4) is 11.5 Å². The van der Waals surface area contributed by atoms with Crippen molar-refractivity contribution >= 4 is 17.0 Å². The van der Waals surface area contributed by atoms with Crippen molar-refractivity contribution in [3.05, 3.63) is 81.0 Å². The van der Waals surface area contributed by atoms with E-state index in [9.17, 15) is 0 Å². The molecule has 2 aliphatic heterocycles. The van der Waals surface area contributed by atoms with Gasteiger partial charge in [-0.1, -0.05) is 24.3 Å². The molecule has 0 fully saturated rings. The van der Waals surface area contributed by atoms with Crippen LogP contribution in [0, 0.1) is 13.8 Å². The number of methoxy groups -OCH3 is 1. The van der Waals surface area contributed by atoms with Crippen molar-refractivity contribution in [2.45, 2.75) is 32.5 Å². The van der Waals surface area contributed by atoms with E-state index in [1.54, 1.807) is 18.4 Å². The average molecular weight is 391 g/mol. The van der Waals surface area contributed by atoms with Crippen molar-refractivity contribution < 1.29 is 9.47 Å². The van der Waals surface area contributed by atoms with Gasteiger partial charge in [-0.05, 0) is 59.5 Å². The molecule has 2 aliphatic rings. The van der Waals surface area contributed by atoms with Gasteiger partial charge >= 0.3 is 0 Å². The molecule has 0 unspecified atom stereocenters. The number of fused-ring (bicyclic) bond motifs is 3. The van der Waals surface area contributed by atoms with Gasteiger partial charge in [0.25, 0.3) is 0 Å². The average Bonchev–Trinajstić information content (AvgIpc) is 3.39. The third-order valence-corrected chi connectivity index (χ3v) is 6.37. The highest BCUT2D eigenvalue weighted by atomic mass is 32.1. The first-order valence-electron chi connectivity index (χ1n) is 9.45. The molecule has 2 atom stereocenters. The number of aryl methyl sites for hydroxylation is 2. The Hall–Kier alpha value is -2.79. The first-order chi connectivity index (χ1) is 13.7. The zero-order valence-electron chi connectivity index (χ0n) is 16.2. The molecule has 0 N–H and O–H groups in total. The second-order valence-corrected chi connectivity index (χ2v) is 8.13. The molecule has 3 heterocycles. The standard InChI is InChI=1S/C23H22N2O2S/c1-14-7-8-16(11-15(14)2)19-12-20-18-5-4-6-21(26-3)22(18)27-23(25(20)24-19)17-9-10-28-13-17/h4-11,13,20,23H,12H2,1-3H3/t20-,23+/m1/s1. The number of rotatable bonds is 3. The summed E-state index contributed by atoms with van der Waals surface area (Å²) in [4.78, 5) is 0. The van der Waals surface area contributed by atoms with Gasteiger partial charge in [-0.2, -0.15) is 16.4 Å². The van der Waals surface area contributed by atoms with Gasteiger partial charge < -0.3 is 9.47 Å². The Balaban J connectivity index is 1.61. The van der Waals surface area contributed by atoms with Crippen LogP contribution in [0.3, 0.4) is 0 Å². The summed E-state index contributed by atoms with van der Waals surface area (Å²) in [6.45, 7) is 4.29. The van der Waals surface area contributed by atoms with Crippen molar-refractivity contribution in [1.82, 2.24) is 5.01 Å². The molecule has 0 bridgehead atoms. The zero-order chi connectivity index (χ0) is 19.3. The molecule has 0 aliphatic carbocycles. The van der Waals surface area contributed by atoms with Gasteiger partial charge in [0.1, 0.15) is 0 Å². The van der Waals surface area contributed by atoms with Gasteiger partial charge in [0.15, 0.2) is 11.5 Å². The largest absolute Gasteiger partial charge is 0.493 e. The molecule has 1 aromatic heterocycles. The monoisotopic (exact) mass is 390 g/mol. The van der Waals surface area contributed by atoms with Crippen molar-refractivity contribution in [2.75, 3.05) is 7.11 Å². The van der Waals surface area contributed by atoms with Crippen LogP contribution >= 0.6 is 11.3 Å². The van der Waals surface area contributed by atoms with Gasteiger partial charge in [-0.15, -0.1) is 0 Å². The number of benzene rings is 2. The van der Waals surface area contributed by atoms with Crippen LogP contribution in [0.2, 0.25) is 0 Å². The molecule has 0 saturated heterocycles. The molecular weight excluding hydrogens is 368 g/mol. The Morgan fingerprint density at radius 3 is 2.79 bits per heavy atom. The van der Waals surface area contributed by atoms with Crippen LogP contribution in [0.25, 0.3) is 0 Å². The highest BCUT2D eigenvalue weighted by Gasteiger charge is 2.42. The second kappa shape index (κ2) is 6.67. The highest BCUT2D eigenvalue weighted by molar-refractivity contribution is 7.07. The second-order valence-electron chi connectivity index (χ2n) is 7.35. The Kier molecular flexibility index (Phi) is 4.13. The van der Waals surface area contributed by atoms with Crippen LogP contribution in [0.1, 0.15) is 46.5 Å². The van der Waals surface area contributed by atoms with Crippen LogP contribution in [0.15, 0.2) is 58.3 Å². The molecule has 3 aromatic rings. The lowest BCUT2D eigenvalue weighted by atomic mass is 9.94. The van der Waals surface area contributed by atoms with Crippen LogP contribution in [-0.2, 0) is 0 Å². The van der Waals surface area contributed by atoms with Gasteiger partial charge in [0.2, 0.25) is 6.23 Å². The predicted molar refractivity (Wildman–Crippen MR) is 112 cm³/mol. The minimum absolute atomic E-state index is 0.139. The molecule has 0 amide bonds. The third kappa shape index (κ3) is 2.69. The molecule has 0 saturated carbocycles. The quantitative estimate of drug-likeness (QED) is 0.582. The molecule has 2 aromatic carbocycles. The van der Waals surface area contributed by atoms with E-state index in [0.29, 0.717) is 0 Å². The van der Waals surface area contributed by atoms with Crippen molar-refractivity contribution in [3.63, 3.8) is 0 Å². The lowest BCUT2D eigenvalue weighted by molar-refractivity contribution is -0.0206.